The standard InChI is InChI=1S/C25H28N4O3S/c1-32-22-9-6-20(7-10-22)24-12-13-25(27-26-24)28-14-16-29(17-15-28)33(30,31)23-11-8-19-4-2-3-5-21(19)18-23/h6-13,18H,2-5,14-17H2,1H3. The van der Waals surface area contributed by atoms with Gasteiger partial charge in [-0.15, -0.1) is 10.2 Å². The molecule has 0 amide bonds. The Labute approximate surface area is 195 Å². The van der Waals surface area contributed by atoms with Crippen LogP contribution in [0.15, 0.2) is 59.5 Å². The van der Waals surface area contributed by atoms with Gasteiger partial charge in [-0.25, -0.2) is 8.42 Å². The summed E-state index contributed by atoms with van der Waals surface area (Å²) in [6.07, 6.45) is 4.34. The molecule has 3 aromatic rings. The largest absolute Gasteiger partial charge is 0.497 e. The third-order valence-corrected chi connectivity index (χ3v) is 8.45. The van der Waals surface area contributed by atoms with Gasteiger partial charge in [-0.05, 0) is 85.3 Å². The Morgan fingerprint density at radius 3 is 2.21 bits per heavy atom. The molecule has 2 aliphatic rings. The van der Waals surface area contributed by atoms with Crippen LogP contribution in [0.2, 0.25) is 0 Å². The van der Waals surface area contributed by atoms with Crippen molar-refractivity contribution in [2.45, 2.75) is 30.6 Å². The smallest absolute Gasteiger partial charge is 0.243 e. The van der Waals surface area contributed by atoms with E-state index in [1.807, 2.05) is 48.5 Å². The van der Waals surface area contributed by atoms with Crippen molar-refractivity contribution in [2.24, 2.45) is 0 Å². The van der Waals surface area contributed by atoms with Crippen molar-refractivity contribution in [3.63, 3.8) is 0 Å². The third kappa shape index (κ3) is 4.45. The zero-order valence-corrected chi connectivity index (χ0v) is 19.6. The fourth-order valence-corrected chi connectivity index (χ4v) is 6.06. The lowest BCUT2D eigenvalue weighted by Gasteiger charge is -2.34. The first-order valence-electron chi connectivity index (χ1n) is 11.4. The van der Waals surface area contributed by atoms with E-state index in [9.17, 15) is 8.42 Å². The first-order chi connectivity index (χ1) is 16.0. The molecule has 0 bridgehead atoms. The zero-order valence-electron chi connectivity index (χ0n) is 18.8. The van der Waals surface area contributed by atoms with Crippen LogP contribution in [0.3, 0.4) is 0 Å². The van der Waals surface area contributed by atoms with Crippen molar-refractivity contribution in [1.29, 1.82) is 0 Å². The Kier molecular flexibility index (Phi) is 6.03. The van der Waals surface area contributed by atoms with E-state index >= 15 is 0 Å². The van der Waals surface area contributed by atoms with Gasteiger partial charge in [-0.1, -0.05) is 6.07 Å². The van der Waals surface area contributed by atoms with E-state index in [1.165, 1.54) is 17.5 Å². The first kappa shape index (κ1) is 21.9. The van der Waals surface area contributed by atoms with E-state index in [-0.39, 0.29) is 0 Å². The van der Waals surface area contributed by atoms with Gasteiger partial charge in [0.25, 0.3) is 0 Å². The summed E-state index contributed by atoms with van der Waals surface area (Å²) in [4.78, 5) is 2.50. The Morgan fingerprint density at radius 1 is 0.818 bits per heavy atom. The lowest BCUT2D eigenvalue weighted by Crippen LogP contribution is -2.49. The maximum Gasteiger partial charge on any atom is 0.243 e. The molecule has 2 aromatic carbocycles. The summed E-state index contributed by atoms with van der Waals surface area (Å²) >= 11 is 0. The molecule has 1 fully saturated rings. The maximum atomic E-state index is 13.2. The van der Waals surface area contributed by atoms with Crippen molar-refractivity contribution >= 4 is 15.8 Å². The summed E-state index contributed by atoms with van der Waals surface area (Å²) in [6.45, 7) is 2.03. The van der Waals surface area contributed by atoms with Crippen molar-refractivity contribution in [2.75, 3.05) is 38.2 Å². The predicted molar refractivity (Wildman–Crippen MR) is 128 cm³/mol. The summed E-state index contributed by atoms with van der Waals surface area (Å²) in [5, 5.41) is 8.76. The highest BCUT2D eigenvalue weighted by Gasteiger charge is 2.29. The van der Waals surface area contributed by atoms with E-state index in [1.54, 1.807) is 17.5 Å². The molecule has 7 nitrogen and oxygen atoms in total. The molecule has 1 aromatic heterocycles. The summed E-state index contributed by atoms with van der Waals surface area (Å²) in [6, 6.07) is 17.2. The number of methoxy groups -OCH3 is 1. The van der Waals surface area contributed by atoms with E-state index in [2.05, 4.69) is 15.1 Å². The van der Waals surface area contributed by atoms with Gasteiger partial charge >= 0.3 is 0 Å². The average molecular weight is 465 g/mol. The van der Waals surface area contributed by atoms with Gasteiger partial charge in [0.05, 0.1) is 17.7 Å². The lowest BCUT2D eigenvalue weighted by atomic mass is 9.92. The highest BCUT2D eigenvalue weighted by atomic mass is 32.2. The SMILES string of the molecule is COc1ccc(-c2ccc(N3CCN(S(=O)(=O)c4ccc5c(c4)CCCC5)CC3)nn2)cc1. The summed E-state index contributed by atoms with van der Waals surface area (Å²) in [5.74, 6) is 1.56. The minimum Gasteiger partial charge on any atom is -0.497 e. The third-order valence-electron chi connectivity index (χ3n) is 6.56. The Bertz CT molecular complexity index is 1220. The molecule has 1 aliphatic heterocycles. The summed E-state index contributed by atoms with van der Waals surface area (Å²) in [5.41, 5.74) is 4.24. The lowest BCUT2D eigenvalue weighted by molar-refractivity contribution is 0.383. The molecule has 172 valence electrons. The van der Waals surface area contributed by atoms with Crippen LogP contribution in [0.25, 0.3) is 11.3 Å². The molecule has 0 unspecified atom stereocenters. The van der Waals surface area contributed by atoms with Gasteiger partial charge in [0.15, 0.2) is 5.82 Å². The molecule has 0 atom stereocenters. The highest BCUT2D eigenvalue weighted by Crippen LogP contribution is 2.27. The number of nitrogens with zero attached hydrogens (tertiary/aromatic N) is 4. The molecular formula is C25H28N4O3S. The topological polar surface area (TPSA) is 75.6 Å². The number of piperazine rings is 1. The Balaban J connectivity index is 1.25. The van der Waals surface area contributed by atoms with Crippen molar-refractivity contribution in [3.8, 4) is 17.0 Å². The van der Waals surface area contributed by atoms with Crippen LogP contribution in [-0.4, -0.2) is 56.2 Å². The van der Waals surface area contributed by atoms with Crippen molar-refractivity contribution < 1.29 is 13.2 Å². The van der Waals surface area contributed by atoms with Crippen LogP contribution < -0.4 is 9.64 Å². The molecular weight excluding hydrogens is 436 g/mol. The van der Waals surface area contributed by atoms with E-state index in [0.717, 1.165) is 42.1 Å². The van der Waals surface area contributed by atoms with Crippen molar-refractivity contribution in [3.05, 3.63) is 65.7 Å². The molecule has 0 saturated carbocycles. The van der Waals surface area contributed by atoms with Gasteiger partial charge in [0, 0.05) is 31.7 Å². The number of ether oxygens (including phenoxy) is 1. The Morgan fingerprint density at radius 2 is 1.55 bits per heavy atom. The number of sulfonamides is 1. The number of hydrogen-bond acceptors (Lipinski definition) is 6. The number of anilines is 1. The molecule has 0 spiro atoms. The fraction of sp³-hybridized carbons (Fsp3) is 0.360. The second-order valence-corrected chi connectivity index (χ2v) is 10.5. The van der Waals surface area contributed by atoms with Gasteiger partial charge in [-0.3, -0.25) is 0 Å². The second-order valence-electron chi connectivity index (χ2n) is 8.53. The van der Waals surface area contributed by atoms with Crippen LogP contribution in [0.4, 0.5) is 5.82 Å². The quantitative estimate of drug-likeness (QED) is 0.575. The minimum absolute atomic E-state index is 0.417. The molecule has 0 N–H and O–H groups in total. The normalized spacial score (nSPS) is 16.9. The van der Waals surface area contributed by atoms with Crippen LogP contribution >= 0.6 is 0 Å². The minimum atomic E-state index is -3.49. The van der Waals surface area contributed by atoms with Crippen LogP contribution in [0.1, 0.15) is 24.0 Å². The number of aryl methyl sites for hydroxylation is 2. The van der Waals surface area contributed by atoms with Crippen LogP contribution in [0.5, 0.6) is 5.75 Å². The predicted octanol–water partition coefficient (Wildman–Crippen LogP) is 3.54. The molecule has 33 heavy (non-hydrogen) atoms. The number of benzene rings is 2. The molecule has 5 rings (SSSR count). The van der Waals surface area contributed by atoms with Crippen molar-refractivity contribution in [1.82, 2.24) is 14.5 Å². The summed E-state index contributed by atoms with van der Waals surface area (Å²) < 4.78 is 33.3. The molecule has 1 aliphatic carbocycles. The van der Waals surface area contributed by atoms with Gasteiger partial charge in [0.1, 0.15) is 5.75 Å². The zero-order chi connectivity index (χ0) is 22.8. The maximum absolute atomic E-state index is 13.2. The van der Waals surface area contributed by atoms with Gasteiger partial charge < -0.3 is 9.64 Å². The fourth-order valence-electron chi connectivity index (χ4n) is 4.59. The average Bonchev–Trinajstić information content (AvgIpc) is 2.88. The second kappa shape index (κ2) is 9.11. The van der Waals surface area contributed by atoms with Crippen LogP contribution in [-0.2, 0) is 22.9 Å². The number of rotatable bonds is 5. The van der Waals surface area contributed by atoms with Gasteiger partial charge in [-0.2, -0.15) is 4.31 Å². The first-order valence-corrected chi connectivity index (χ1v) is 12.8. The number of fused-ring (bicyclic) bond motifs is 1. The van der Waals surface area contributed by atoms with E-state index < -0.39 is 10.0 Å². The molecule has 8 heteroatoms. The summed E-state index contributed by atoms with van der Waals surface area (Å²) in [7, 11) is -1.85. The monoisotopic (exact) mass is 464 g/mol. The highest BCUT2D eigenvalue weighted by molar-refractivity contribution is 7.89. The Hall–Kier alpha value is -2.97. The number of hydrogen-bond donors (Lipinski definition) is 0. The number of aromatic nitrogens is 2. The van der Waals surface area contributed by atoms with E-state index in [4.69, 9.17) is 4.74 Å². The molecule has 2 heterocycles. The molecule has 0 radical (unpaired) electrons. The van der Waals surface area contributed by atoms with Crippen LogP contribution in [0, 0.1) is 0 Å². The van der Waals surface area contributed by atoms with E-state index in [0.29, 0.717) is 31.1 Å². The van der Waals surface area contributed by atoms with Gasteiger partial charge in [0.2, 0.25) is 10.0 Å². The molecule has 1 saturated heterocycles.